The van der Waals surface area contributed by atoms with Crippen LogP contribution in [0.15, 0.2) is 48.1 Å². The number of hydrogen-bond acceptors (Lipinski definition) is 5. The van der Waals surface area contributed by atoms with E-state index in [1.54, 1.807) is 6.20 Å². The minimum atomic E-state index is -0.375. The Labute approximate surface area is 125 Å². The zero-order chi connectivity index (χ0) is 14.7. The predicted molar refractivity (Wildman–Crippen MR) is 80.5 cm³/mol. The number of nitrogen functional groups attached to an aromatic ring is 1. The number of benzene rings is 1. The van der Waals surface area contributed by atoms with Gasteiger partial charge in [0.25, 0.3) is 5.91 Å². The van der Waals surface area contributed by atoms with E-state index in [1.165, 1.54) is 11.3 Å². The molecule has 0 fully saturated rings. The summed E-state index contributed by atoms with van der Waals surface area (Å²) >= 11 is 1.27. The molecule has 0 atom stereocenters. The molecule has 0 aliphatic rings. The molecule has 0 saturated heterocycles. The van der Waals surface area contributed by atoms with Gasteiger partial charge in [-0.1, -0.05) is 30.3 Å². The Kier molecular flexibility index (Phi) is 3.76. The highest BCUT2D eigenvalue weighted by Gasteiger charge is 2.11. The highest BCUT2D eigenvalue weighted by Crippen LogP contribution is 2.19. The number of nitrogens with two attached hydrogens (primary N) is 1. The van der Waals surface area contributed by atoms with Crippen LogP contribution in [0.5, 0.6) is 0 Å². The molecule has 106 valence electrons. The second kappa shape index (κ2) is 5.86. The predicted octanol–water partition coefficient (Wildman–Crippen LogP) is 1.66. The van der Waals surface area contributed by atoms with Gasteiger partial charge >= 0.3 is 0 Å². The molecule has 0 unspecified atom stereocenters. The number of aromatic nitrogens is 3. The van der Waals surface area contributed by atoms with Gasteiger partial charge in [-0.05, 0) is 0 Å². The highest BCUT2D eigenvalue weighted by atomic mass is 32.1. The van der Waals surface area contributed by atoms with Gasteiger partial charge in [-0.15, -0.1) is 11.3 Å². The summed E-state index contributed by atoms with van der Waals surface area (Å²) in [5.74, 6) is 5.60. The maximum atomic E-state index is 11.4. The number of rotatable bonds is 4. The first-order valence-electron chi connectivity index (χ1n) is 6.30. The van der Waals surface area contributed by atoms with Crippen LogP contribution in [0.3, 0.4) is 0 Å². The summed E-state index contributed by atoms with van der Waals surface area (Å²) in [5.41, 5.74) is 3.92. The molecule has 0 saturated carbocycles. The molecule has 3 rings (SSSR count). The molecule has 6 nitrogen and oxygen atoms in total. The Balaban J connectivity index is 1.85. The van der Waals surface area contributed by atoms with Gasteiger partial charge in [0.1, 0.15) is 5.82 Å². The largest absolute Gasteiger partial charge is 0.325 e. The summed E-state index contributed by atoms with van der Waals surface area (Å²) in [6, 6.07) is 9.93. The van der Waals surface area contributed by atoms with E-state index in [2.05, 4.69) is 15.4 Å². The van der Waals surface area contributed by atoms with Crippen molar-refractivity contribution in [1.82, 2.24) is 20.0 Å². The fourth-order valence-corrected chi connectivity index (χ4v) is 2.72. The van der Waals surface area contributed by atoms with Gasteiger partial charge in [0, 0.05) is 23.3 Å². The van der Waals surface area contributed by atoms with Gasteiger partial charge in [0.05, 0.1) is 12.2 Å². The van der Waals surface area contributed by atoms with Crippen LogP contribution in [0.4, 0.5) is 0 Å². The van der Waals surface area contributed by atoms with Gasteiger partial charge in [-0.3, -0.25) is 10.2 Å². The topological polar surface area (TPSA) is 85.8 Å². The van der Waals surface area contributed by atoms with E-state index in [0.717, 1.165) is 17.1 Å². The molecule has 0 radical (unpaired) electrons. The number of nitrogens with zero attached hydrogens (tertiary/aromatic N) is 3. The first kappa shape index (κ1) is 13.5. The average molecular weight is 299 g/mol. The summed E-state index contributed by atoms with van der Waals surface area (Å²) in [7, 11) is 0. The molecule has 0 spiro atoms. The van der Waals surface area contributed by atoms with E-state index in [1.807, 2.05) is 46.5 Å². The number of imidazole rings is 1. The van der Waals surface area contributed by atoms with Crippen molar-refractivity contribution in [3.8, 4) is 11.4 Å². The van der Waals surface area contributed by atoms with Crippen LogP contribution in [0, 0.1) is 0 Å². The van der Waals surface area contributed by atoms with E-state index in [0.29, 0.717) is 11.6 Å². The minimum Gasteiger partial charge on any atom is -0.325 e. The van der Waals surface area contributed by atoms with Gasteiger partial charge < -0.3 is 4.57 Å². The Hall–Kier alpha value is -2.51. The van der Waals surface area contributed by atoms with Crippen molar-refractivity contribution in [3.05, 3.63) is 58.8 Å². The normalized spacial score (nSPS) is 10.5. The van der Waals surface area contributed by atoms with E-state index in [4.69, 9.17) is 5.84 Å². The molecule has 3 N–H and O–H groups in total. The maximum absolute atomic E-state index is 11.4. The smallest absolute Gasteiger partial charge is 0.294 e. The van der Waals surface area contributed by atoms with Crippen molar-refractivity contribution in [1.29, 1.82) is 0 Å². The Morgan fingerprint density at radius 3 is 2.90 bits per heavy atom. The van der Waals surface area contributed by atoms with Crippen molar-refractivity contribution in [2.45, 2.75) is 6.54 Å². The Morgan fingerprint density at radius 2 is 2.14 bits per heavy atom. The fourth-order valence-electron chi connectivity index (χ4n) is 2.00. The van der Waals surface area contributed by atoms with Crippen molar-refractivity contribution >= 4 is 17.2 Å². The molecule has 7 heteroatoms. The average Bonchev–Trinajstić information content (AvgIpc) is 3.17. The fraction of sp³-hybridized carbons (Fsp3) is 0.0714. The van der Waals surface area contributed by atoms with E-state index < -0.39 is 0 Å². The first-order chi connectivity index (χ1) is 10.3. The summed E-state index contributed by atoms with van der Waals surface area (Å²) in [4.78, 5) is 20.1. The van der Waals surface area contributed by atoms with Gasteiger partial charge in [0.15, 0.2) is 5.01 Å². The summed E-state index contributed by atoms with van der Waals surface area (Å²) in [5, 5.41) is 2.20. The van der Waals surface area contributed by atoms with Crippen LogP contribution in [0.1, 0.15) is 15.5 Å². The molecule has 1 aromatic carbocycles. The Morgan fingerprint density at radius 1 is 1.33 bits per heavy atom. The number of carbonyl (C=O) groups excluding carboxylic acids is 1. The number of carbonyl (C=O) groups is 1. The van der Waals surface area contributed by atoms with Crippen LogP contribution in [0.25, 0.3) is 11.4 Å². The van der Waals surface area contributed by atoms with E-state index in [-0.39, 0.29) is 5.91 Å². The lowest BCUT2D eigenvalue weighted by Crippen LogP contribution is -2.29. The summed E-state index contributed by atoms with van der Waals surface area (Å²) in [6.45, 7) is 0.554. The van der Waals surface area contributed by atoms with Crippen LogP contribution in [-0.2, 0) is 6.54 Å². The molecule has 0 bridgehead atoms. The lowest BCUT2D eigenvalue weighted by Gasteiger charge is -2.05. The third-order valence-electron chi connectivity index (χ3n) is 2.96. The van der Waals surface area contributed by atoms with Crippen LogP contribution < -0.4 is 11.3 Å². The first-order valence-corrected chi connectivity index (χ1v) is 7.18. The van der Waals surface area contributed by atoms with Crippen molar-refractivity contribution in [2.24, 2.45) is 5.84 Å². The maximum Gasteiger partial charge on any atom is 0.294 e. The molecule has 3 aromatic rings. The molecule has 0 aliphatic heterocycles. The van der Waals surface area contributed by atoms with Crippen molar-refractivity contribution in [3.63, 3.8) is 0 Å². The molecule has 21 heavy (non-hydrogen) atoms. The molecule has 2 heterocycles. The number of amides is 1. The standard InChI is InChI=1S/C14H13N5OS/c15-18-13(20)14-17-11(9-21-14)8-19-7-6-16-12(19)10-4-2-1-3-5-10/h1-7,9H,8,15H2,(H,18,20). The highest BCUT2D eigenvalue weighted by molar-refractivity contribution is 7.11. The van der Waals surface area contributed by atoms with Crippen LogP contribution in [-0.4, -0.2) is 20.4 Å². The van der Waals surface area contributed by atoms with E-state index >= 15 is 0 Å². The molecular formula is C14H13N5OS. The summed E-state index contributed by atoms with van der Waals surface area (Å²) in [6.07, 6.45) is 3.65. The molecule has 2 aromatic heterocycles. The van der Waals surface area contributed by atoms with Crippen LogP contribution in [0.2, 0.25) is 0 Å². The number of hydrazine groups is 1. The summed E-state index contributed by atoms with van der Waals surface area (Å²) < 4.78 is 1.99. The van der Waals surface area contributed by atoms with Gasteiger partial charge in [0.2, 0.25) is 0 Å². The van der Waals surface area contributed by atoms with Gasteiger partial charge in [-0.2, -0.15) is 0 Å². The lowest BCUT2D eigenvalue weighted by atomic mass is 10.2. The zero-order valence-electron chi connectivity index (χ0n) is 11.1. The lowest BCUT2D eigenvalue weighted by molar-refractivity contribution is 0.0953. The molecule has 0 aliphatic carbocycles. The molecular weight excluding hydrogens is 286 g/mol. The van der Waals surface area contributed by atoms with Gasteiger partial charge in [-0.25, -0.2) is 15.8 Å². The second-order valence-corrected chi connectivity index (χ2v) is 5.22. The third kappa shape index (κ3) is 2.83. The van der Waals surface area contributed by atoms with Crippen LogP contribution >= 0.6 is 11.3 Å². The zero-order valence-corrected chi connectivity index (χ0v) is 11.9. The quantitative estimate of drug-likeness (QED) is 0.436. The third-order valence-corrected chi connectivity index (χ3v) is 3.85. The number of thiazole rings is 1. The number of nitrogens with one attached hydrogen (secondary N) is 1. The van der Waals surface area contributed by atoms with E-state index in [9.17, 15) is 4.79 Å². The second-order valence-electron chi connectivity index (χ2n) is 4.36. The van der Waals surface area contributed by atoms with Crippen molar-refractivity contribution in [2.75, 3.05) is 0 Å². The SMILES string of the molecule is NNC(=O)c1nc(Cn2ccnc2-c2ccccc2)cs1. The minimum absolute atomic E-state index is 0.355. The monoisotopic (exact) mass is 299 g/mol. The van der Waals surface area contributed by atoms with Crippen molar-refractivity contribution < 1.29 is 4.79 Å². The number of hydrogen-bond donors (Lipinski definition) is 2. The molecule has 1 amide bonds. The Bertz CT molecular complexity index is 750.